The van der Waals surface area contributed by atoms with Gasteiger partial charge in [-0.05, 0) is 37.3 Å². The molecule has 0 aliphatic rings. The topological polar surface area (TPSA) is 42.2 Å². The summed E-state index contributed by atoms with van der Waals surface area (Å²) in [6.07, 6.45) is 2.78. The lowest BCUT2D eigenvalue weighted by atomic mass is 10.3. The minimum atomic E-state index is -0.488. The number of anilines is 1. The Morgan fingerprint density at radius 2 is 2.16 bits per heavy atom. The van der Waals surface area contributed by atoms with E-state index in [0.717, 1.165) is 0 Å². The summed E-state index contributed by atoms with van der Waals surface area (Å²) in [7, 11) is 0. The number of allylic oxidation sites excluding steroid dienone is 1. The quantitative estimate of drug-likeness (QED) is 0.674. The van der Waals surface area contributed by atoms with E-state index in [9.17, 15) is 9.18 Å². The number of halogens is 2. The first-order valence-electron chi connectivity index (χ1n) is 5.55. The predicted octanol–water partition coefficient (Wildman–Crippen LogP) is 4.19. The molecule has 0 saturated heterocycles. The number of carbonyl (C=O) groups is 1. The summed E-state index contributed by atoms with van der Waals surface area (Å²) in [6, 6.07) is 7.52. The Balaban J connectivity index is 2.00. The average molecular weight is 280 g/mol. The Labute approximate surface area is 114 Å². The van der Waals surface area contributed by atoms with Gasteiger partial charge in [-0.1, -0.05) is 11.6 Å². The van der Waals surface area contributed by atoms with Crippen molar-refractivity contribution in [1.82, 2.24) is 0 Å². The van der Waals surface area contributed by atoms with Crippen LogP contribution in [0.15, 0.2) is 47.0 Å². The van der Waals surface area contributed by atoms with Gasteiger partial charge in [0, 0.05) is 18.0 Å². The van der Waals surface area contributed by atoms with Crippen LogP contribution < -0.4 is 5.32 Å². The predicted molar refractivity (Wildman–Crippen MR) is 71.9 cm³/mol. The Hall–Kier alpha value is -2.07. The smallest absolute Gasteiger partial charge is 0.222 e. The second kappa shape index (κ2) is 5.71. The maximum absolute atomic E-state index is 12.9. The first kappa shape index (κ1) is 13.4. The molecule has 2 aromatic rings. The van der Waals surface area contributed by atoms with Crippen LogP contribution in [0.5, 0.6) is 0 Å². The number of hydrogen-bond acceptors (Lipinski definition) is 3. The molecule has 19 heavy (non-hydrogen) atoms. The Bertz CT molecular complexity index is 634. The van der Waals surface area contributed by atoms with Crippen molar-refractivity contribution in [2.45, 2.75) is 6.92 Å². The van der Waals surface area contributed by atoms with Crippen LogP contribution in [0.4, 0.5) is 10.1 Å². The monoisotopic (exact) mass is 279 g/mol. The van der Waals surface area contributed by atoms with Gasteiger partial charge in [-0.2, -0.15) is 0 Å². The zero-order valence-electron chi connectivity index (χ0n) is 10.1. The largest absolute Gasteiger partial charge is 0.458 e. The molecule has 0 spiro atoms. The molecular weight excluding hydrogens is 269 g/mol. The third-order valence-electron chi connectivity index (χ3n) is 2.39. The molecule has 1 aromatic carbocycles. The van der Waals surface area contributed by atoms with Crippen LogP contribution >= 0.6 is 11.6 Å². The summed E-state index contributed by atoms with van der Waals surface area (Å²) in [5, 5.41) is 2.85. The van der Waals surface area contributed by atoms with Crippen LogP contribution in [0, 0.1) is 12.7 Å². The minimum Gasteiger partial charge on any atom is -0.458 e. The molecule has 0 amide bonds. The molecule has 5 heteroatoms. The number of furan rings is 1. The van der Waals surface area contributed by atoms with Gasteiger partial charge in [0.1, 0.15) is 11.6 Å². The van der Waals surface area contributed by atoms with Crippen molar-refractivity contribution in [3.63, 3.8) is 0 Å². The van der Waals surface area contributed by atoms with E-state index in [1.165, 1.54) is 30.5 Å². The number of nitrogens with one attached hydrogen (secondary N) is 1. The van der Waals surface area contributed by atoms with E-state index in [4.69, 9.17) is 16.0 Å². The molecule has 1 heterocycles. The molecule has 1 aromatic heterocycles. The average Bonchev–Trinajstić information content (AvgIpc) is 2.80. The lowest BCUT2D eigenvalue weighted by molar-refractivity contribution is 0.102. The zero-order valence-corrected chi connectivity index (χ0v) is 10.9. The van der Waals surface area contributed by atoms with Gasteiger partial charge < -0.3 is 9.73 Å². The molecule has 0 aliphatic carbocycles. The van der Waals surface area contributed by atoms with Crippen LogP contribution in [0.1, 0.15) is 16.3 Å². The van der Waals surface area contributed by atoms with Crippen molar-refractivity contribution in [1.29, 1.82) is 0 Å². The maximum atomic E-state index is 12.9. The van der Waals surface area contributed by atoms with Crippen LogP contribution in [-0.4, -0.2) is 5.78 Å². The van der Waals surface area contributed by atoms with E-state index in [1.807, 2.05) is 0 Å². The molecule has 0 radical (unpaired) electrons. The van der Waals surface area contributed by atoms with Gasteiger partial charge in [-0.15, -0.1) is 0 Å². The molecule has 0 atom stereocenters. The molecule has 0 bridgehead atoms. The van der Waals surface area contributed by atoms with Gasteiger partial charge in [-0.25, -0.2) is 4.39 Å². The molecule has 98 valence electrons. The van der Waals surface area contributed by atoms with E-state index in [2.05, 4.69) is 5.32 Å². The molecule has 0 saturated carbocycles. The van der Waals surface area contributed by atoms with Crippen molar-refractivity contribution in [3.05, 3.63) is 65.0 Å². The summed E-state index contributed by atoms with van der Waals surface area (Å²) in [5.74, 6) is 0.204. The normalized spacial score (nSPS) is 10.9. The summed E-state index contributed by atoms with van der Waals surface area (Å²) >= 11 is 5.63. The van der Waals surface area contributed by atoms with Gasteiger partial charge >= 0.3 is 0 Å². The van der Waals surface area contributed by atoms with E-state index < -0.39 is 5.82 Å². The van der Waals surface area contributed by atoms with Crippen LogP contribution in [0.2, 0.25) is 5.02 Å². The molecule has 0 fully saturated rings. The molecule has 0 unspecified atom stereocenters. The third kappa shape index (κ3) is 3.45. The highest BCUT2D eigenvalue weighted by Gasteiger charge is 2.05. The minimum absolute atomic E-state index is 0.0198. The maximum Gasteiger partial charge on any atom is 0.222 e. The third-order valence-corrected chi connectivity index (χ3v) is 2.68. The van der Waals surface area contributed by atoms with Gasteiger partial charge in [0.15, 0.2) is 5.76 Å². The standard InChI is InChI=1S/C14H11ClFNO2/c1-9-2-5-14(19-9)13(18)6-7-17-10-3-4-12(16)11(15)8-10/h2-8,17H,1H3. The number of rotatable bonds is 4. The number of carbonyl (C=O) groups excluding carboxylic acids is 1. The molecule has 1 N–H and O–H groups in total. The SMILES string of the molecule is Cc1ccc(C(=O)C=CNc2ccc(F)c(Cl)c2)o1. The highest BCUT2D eigenvalue weighted by Crippen LogP contribution is 2.19. The summed E-state index contributed by atoms with van der Waals surface area (Å²) in [6.45, 7) is 1.76. The summed E-state index contributed by atoms with van der Waals surface area (Å²) < 4.78 is 18.1. The van der Waals surface area contributed by atoms with Crippen molar-refractivity contribution in [2.75, 3.05) is 5.32 Å². The van der Waals surface area contributed by atoms with Crippen LogP contribution in [0.3, 0.4) is 0 Å². The second-order valence-electron chi connectivity index (χ2n) is 3.88. The van der Waals surface area contributed by atoms with Gasteiger partial charge in [0.05, 0.1) is 5.02 Å². The highest BCUT2D eigenvalue weighted by molar-refractivity contribution is 6.31. The van der Waals surface area contributed by atoms with Crippen molar-refractivity contribution >= 4 is 23.1 Å². The molecule has 3 nitrogen and oxygen atoms in total. The molecule has 2 rings (SSSR count). The summed E-state index contributed by atoms with van der Waals surface area (Å²) in [4.78, 5) is 11.7. The number of hydrogen-bond donors (Lipinski definition) is 1. The van der Waals surface area contributed by atoms with E-state index >= 15 is 0 Å². The molecule has 0 aliphatic heterocycles. The van der Waals surface area contributed by atoms with Crippen LogP contribution in [-0.2, 0) is 0 Å². The Kier molecular flexibility index (Phi) is 4.02. The van der Waals surface area contributed by atoms with Crippen molar-refractivity contribution in [3.8, 4) is 0 Å². The first-order chi connectivity index (χ1) is 9.06. The van der Waals surface area contributed by atoms with Crippen molar-refractivity contribution < 1.29 is 13.6 Å². The lowest BCUT2D eigenvalue weighted by Crippen LogP contribution is -1.94. The van der Waals surface area contributed by atoms with Crippen LogP contribution in [0.25, 0.3) is 0 Å². The van der Waals surface area contributed by atoms with Crippen molar-refractivity contribution in [2.24, 2.45) is 0 Å². The fraction of sp³-hybridized carbons (Fsp3) is 0.0714. The highest BCUT2D eigenvalue weighted by atomic mass is 35.5. The zero-order chi connectivity index (χ0) is 13.8. The van der Waals surface area contributed by atoms with E-state index in [-0.39, 0.29) is 16.6 Å². The number of benzene rings is 1. The van der Waals surface area contributed by atoms with Gasteiger partial charge in [-0.3, -0.25) is 4.79 Å². The number of aryl methyl sites for hydroxylation is 1. The lowest BCUT2D eigenvalue weighted by Gasteiger charge is -2.01. The fourth-order valence-corrected chi connectivity index (χ4v) is 1.63. The Morgan fingerprint density at radius 3 is 2.79 bits per heavy atom. The summed E-state index contributed by atoms with van der Waals surface area (Å²) in [5.41, 5.74) is 0.589. The van der Waals surface area contributed by atoms with E-state index in [0.29, 0.717) is 11.4 Å². The van der Waals surface area contributed by atoms with E-state index in [1.54, 1.807) is 19.1 Å². The van der Waals surface area contributed by atoms with Gasteiger partial charge in [0.25, 0.3) is 0 Å². The van der Waals surface area contributed by atoms with Gasteiger partial charge in [0.2, 0.25) is 5.78 Å². The molecular formula is C14H11ClFNO2. The second-order valence-corrected chi connectivity index (χ2v) is 4.29. The number of ketones is 1. The first-order valence-corrected chi connectivity index (χ1v) is 5.93. The Morgan fingerprint density at radius 1 is 1.37 bits per heavy atom. The fourth-order valence-electron chi connectivity index (χ4n) is 1.45.